The van der Waals surface area contributed by atoms with Gasteiger partial charge in [0, 0.05) is 44.5 Å². The molecule has 2 aliphatic heterocycles. The van der Waals surface area contributed by atoms with Gasteiger partial charge in [0.15, 0.2) is 5.78 Å². The van der Waals surface area contributed by atoms with Crippen molar-refractivity contribution in [2.75, 3.05) is 19.7 Å². The number of fused-ring (bicyclic) bond motifs is 6. The monoisotopic (exact) mass is 553 g/mol. The minimum Gasteiger partial charge on any atom is -0.492 e. The number of likely N-dealkylation sites (tertiary alicyclic amines) is 1. The molecular weight excluding hydrogens is 526 g/mol. The van der Waals surface area contributed by atoms with Gasteiger partial charge in [0.1, 0.15) is 23.0 Å². The van der Waals surface area contributed by atoms with E-state index in [1.165, 1.54) is 0 Å². The molecule has 2 amide bonds. The second kappa shape index (κ2) is 10.5. The lowest BCUT2D eigenvalue weighted by molar-refractivity contribution is 0.0290. The molecule has 11 nitrogen and oxygen atoms in total. The number of benzene rings is 1. The Bertz CT molecular complexity index is 1450. The molecule has 0 spiro atoms. The SMILES string of the molecule is Cc1oc2c(c1C(=O)N1C[C@@H]3NC(=O)c4ccc(Cl)c(c4)OCCCn4cc(nn4)CO[C@H]3C1)C(=O)CCC2. The van der Waals surface area contributed by atoms with E-state index in [2.05, 4.69) is 15.6 Å². The van der Waals surface area contributed by atoms with Crippen molar-refractivity contribution in [3.05, 3.63) is 63.3 Å². The average Bonchev–Trinajstić information content (AvgIpc) is 3.62. The molecule has 4 heterocycles. The zero-order chi connectivity index (χ0) is 27.1. The summed E-state index contributed by atoms with van der Waals surface area (Å²) < 4.78 is 19.5. The maximum Gasteiger partial charge on any atom is 0.258 e. The molecule has 39 heavy (non-hydrogen) atoms. The fourth-order valence-corrected chi connectivity index (χ4v) is 5.56. The molecule has 3 aliphatic rings. The zero-order valence-electron chi connectivity index (χ0n) is 21.4. The number of ether oxygens (including phenoxy) is 2. The minimum atomic E-state index is -0.516. The van der Waals surface area contributed by atoms with Gasteiger partial charge < -0.3 is 24.1 Å². The maximum absolute atomic E-state index is 13.7. The van der Waals surface area contributed by atoms with Gasteiger partial charge >= 0.3 is 0 Å². The van der Waals surface area contributed by atoms with Gasteiger partial charge in [-0.05, 0) is 31.5 Å². The van der Waals surface area contributed by atoms with Gasteiger partial charge in [0.2, 0.25) is 0 Å². The molecule has 12 heteroatoms. The van der Waals surface area contributed by atoms with Crippen LogP contribution in [0.5, 0.6) is 5.75 Å². The molecule has 0 saturated carbocycles. The highest BCUT2D eigenvalue weighted by Gasteiger charge is 2.40. The van der Waals surface area contributed by atoms with E-state index < -0.39 is 12.1 Å². The number of aromatic nitrogens is 3. The van der Waals surface area contributed by atoms with Crippen molar-refractivity contribution in [3.8, 4) is 5.75 Å². The first kappa shape index (κ1) is 25.6. The highest BCUT2D eigenvalue weighted by atomic mass is 35.5. The summed E-state index contributed by atoms with van der Waals surface area (Å²) in [6.07, 6.45) is 3.69. The lowest BCUT2D eigenvalue weighted by Gasteiger charge is -2.20. The Labute approximate surface area is 229 Å². The number of nitrogens with one attached hydrogen (secondary N) is 1. The third kappa shape index (κ3) is 5.04. The first-order chi connectivity index (χ1) is 18.9. The van der Waals surface area contributed by atoms with Crippen molar-refractivity contribution in [2.45, 2.75) is 57.9 Å². The van der Waals surface area contributed by atoms with Crippen LogP contribution < -0.4 is 10.1 Å². The van der Waals surface area contributed by atoms with Crippen molar-refractivity contribution in [1.29, 1.82) is 0 Å². The molecule has 6 rings (SSSR count). The average molecular weight is 554 g/mol. The first-order valence-corrected chi connectivity index (χ1v) is 13.4. The first-order valence-electron chi connectivity index (χ1n) is 13.1. The smallest absolute Gasteiger partial charge is 0.258 e. The van der Waals surface area contributed by atoms with Crippen molar-refractivity contribution in [3.63, 3.8) is 0 Å². The quantitative estimate of drug-likeness (QED) is 0.487. The van der Waals surface area contributed by atoms with Gasteiger partial charge in [0.05, 0.1) is 47.7 Å². The summed E-state index contributed by atoms with van der Waals surface area (Å²) in [7, 11) is 0. The highest BCUT2D eigenvalue weighted by Crippen LogP contribution is 2.32. The summed E-state index contributed by atoms with van der Waals surface area (Å²) in [5.74, 6) is 0.698. The highest BCUT2D eigenvalue weighted by molar-refractivity contribution is 6.32. The van der Waals surface area contributed by atoms with Crippen LogP contribution >= 0.6 is 11.6 Å². The zero-order valence-corrected chi connectivity index (χ0v) is 22.2. The van der Waals surface area contributed by atoms with Crippen LogP contribution in [-0.2, 0) is 24.3 Å². The summed E-state index contributed by atoms with van der Waals surface area (Å²) >= 11 is 6.30. The molecule has 2 atom stereocenters. The molecule has 3 aromatic rings. The molecule has 0 unspecified atom stereocenters. The van der Waals surface area contributed by atoms with E-state index in [4.69, 9.17) is 25.5 Å². The third-order valence-corrected chi connectivity index (χ3v) is 7.65. The Kier molecular flexibility index (Phi) is 6.86. The summed E-state index contributed by atoms with van der Waals surface area (Å²) in [5.41, 5.74) is 1.72. The second-order valence-electron chi connectivity index (χ2n) is 10.1. The summed E-state index contributed by atoms with van der Waals surface area (Å²) in [6.45, 7) is 3.27. The Balaban J connectivity index is 1.29. The molecule has 1 aliphatic carbocycles. The van der Waals surface area contributed by atoms with Crippen LogP contribution in [0.15, 0.2) is 28.8 Å². The number of halogens is 1. The number of furan rings is 1. The van der Waals surface area contributed by atoms with E-state index >= 15 is 0 Å². The number of rotatable bonds is 1. The molecular formula is C27H28ClN5O6. The molecule has 2 aromatic heterocycles. The summed E-state index contributed by atoms with van der Waals surface area (Å²) in [6, 6.07) is 4.35. The topological polar surface area (TPSA) is 129 Å². The number of hydrogen-bond donors (Lipinski definition) is 1. The Morgan fingerprint density at radius 1 is 1.18 bits per heavy atom. The minimum absolute atomic E-state index is 0.0745. The number of nitrogens with zero attached hydrogens (tertiary/aromatic N) is 4. The van der Waals surface area contributed by atoms with Gasteiger partial charge in [-0.1, -0.05) is 16.8 Å². The van der Waals surface area contributed by atoms with E-state index in [0.717, 1.165) is 0 Å². The van der Waals surface area contributed by atoms with E-state index in [9.17, 15) is 14.4 Å². The maximum atomic E-state index is 13.7. The van der Waals surface area contributed by atoms with Crippen LogP contribution in [0.1, 0.15) is 67.6 Å². The van der Waals surface area contributed by atoms with Gasteiger partial charge in [-0.2, -0.15) is 0 Å². The molecule has 204 valence electrons. The predicted molar refractivity (Wildman–Crippen MR) is 138 cm³/mol. The number of ketones is 1. The van der Waals surface area contributed by atoms with Crippen molar-refractivity contribution in [2.24, 2.45) is 0 Å². The molecule has 1 fully saturated rings. The Morgan fingerprint density at radius 2 is 2.05 bits per heavy atom. The fourth-order valence-electron chi connectivity index (χ4n) is 5.39. The number of hydrogen-bond acceptors (Lipinski definition) is 8. The van der Waals surface area contributed by atoms with Crippen molar-refractivity contribution < 1.29 is 28.3 Å². The normalized spacial score (nSPS) is 21.6. The molecule has 0 radical (unpaired) electrons. The number of Topliss-reactive ketones (excluding diaryl/α,β-unsaturated/α-hetero) is 1. The largest absolute Gasteiger partial charge is 0.492 e. The summed E-state index contributed by atoms with van der Waals surface area (Å²) in [4.78, 5) is 41.3. The van der Waals surface area contributed by atoms with Gasteiger partial charge in [-0.3, -0.25) is 19.1 Å². The van der Waals surface area contributed by atoms with E-state index in [1.54, 1.807) is 40.9 Å². The Morgan fingerprint density at radius 3 is 2.92 bits per heavy atom. The van der Waals surface area contributed by atoms with Crippen molar-refractivity contribution in [1.82, 2.24) is 25.2 Å². The summed E-state index contributed by atoms with van der Waals surface area (Å²) in [5, 5.41) is 11.8. The van der Waals surface area contributed by atoms with E-state index in [1.807, 2.05) is 0 Å². The van der Waals surface area contributed by atoms with E-state index in [0.29, 0.717) is 83.5 Å². The van der Waals surface area contributed by atoms with Crippen LogP contribution in [0.3, 0.4) is 0 Å². The van der Waals surface area contributed by atoms with Crippen molar-refractivity contribution >= 4 is 29.2 Å². The number of amides is 2. The van der Waals surface area contributed by atoms with E-state index in [-0.39, 0.29) is 37.3 Å². The third-order valence-electron chi connectivity index (χ3n) is 7.34. The van der Waals surface area contributed by atoms with Crippen LogP contribution in [0.4, 0.5) is 0 Å². The molecule has 4 bridgehead atoms. The number of aryl methyl sites for hydroxylation is 3. The van der Waals surface area contributed by atoms with Gasteiger partial charge in [-0.25, -0.2) is 0 Å². The van der Waals surface area contributed by atoms with Crippen LogP contribution in [0.25, 0.3) is 0 Å². The van der Waals surface area contributed by atoms with Crippen LogP contribution in [0.2, 0.25) is 5.02 Å². The molecule has 1 N–H and O–H groups in total. The molecule has 1 aromatic carbocycles. The lowest BCUT2D eigenvalue weighted by Crippen LogP contribution is -2.44. The molecule has 1 saturated heterocycles. The fraction of sp³-hybridized carbons (Fsp3) is 0.444. The van der Waals surface area contributed by atoms with Gasteiger partial charge in [-0.15, -0.1) is 5.10 Å². The van der Waals surface area contributed by atoms with Crippen LogP contribution in [-0.4, -0.2) is 69.3 Å². The van der Waals surface area contributed by atoms with Crippen LogP contribution in [0, 0.1) is 6.92 Å². The standard InChI is InChI=1S/C27H28ClN5O6/c1-15-24(25-20(34)4-2-5-21(25)39-15)27(36)32-12-19-23(13-32)38-14-17-11-33(31-30-17)8-3-9-37-22-10-16(26(35)29-19)6-7-18(22)28/h6-7,10-11,19,23H,2-5,8-9,12-14H2,1H3,(H,29,35)/t19-,23-/m0/s1. The number of carbonyl (C=O) groups is 3. The second-order valence-corrected chi connectivity index (χ2v) is 10.5. The lowest BCUT2D eigenvalue weighted by atomic mass is 9.93. The predicted octanol–water partition coefficient (Wildman–Crippen LogP) is 2.97. The number of carbonyl (C=O) groups excluding carboxylic acids is 3. The Hall–Kier alpha value is -3.70. The van der Waals surface area contributed by atoms with Gasteiger partial charge in [0.25, 0.3) is 11.8 Å².